The van der Waals surface area contributed by atoms with Crippen LogP contribution in [0.25, 0.3) is 0 Å². The second kappa shape index (κ2) is 8.20. The molecule has 2 heterocycles. The first kappa shape index (κ1) is 18.9. The van der Waals surface area contributed by atoms with Gasteiger partial charge >= 0.3 is 0 Å². The predicted octanol–water partition coefficient (Wildman–Crippen LogP) is 0.362. The molecule has 0 bridgehead atoms. The van der Waals surface area contributed by atoms with E-state index in [1.807, 2.05) is 19.1 Å². The molecule has 8 heteroatoms. The molecule has 3 rings (SSSR count). The zero-order valence-corrected chi connectivity index (χ0v) is 15.4. The fourth-order valence-corrected chi connectivity index (χ4v) is 3.60. The summed E-state index contributed by atoms with van der Waals surface area (Å²) in [7, 11) is 0. The number of hydrogen-bond acceptors (Lipinski definition) is 5. The van der Waals surface area contributed by atoms with E-state index in [0.717, 1.165) is 30.8 Å². The van der Waals surface area contributed by atoms with Crippen LogP contribution in [0.15, 0.2) is 18.2 Å². The van der Waals surface area contributed by atoms with Gasteiger partial charge < -0.3 is 14.7 Å². The van der Waals surface area contributed by atoms with E-state index >= 15 is 0 Å². The largest absolute Gasteiger partial charge is 0.368 e. The Kier molecular flexibility index (Phi) is 5.73. The normalized spacial score (nSPS) is 17.5. The fraction of sp³-hybridized carbons (Fsp3) is 0.474. The molecule has 1 aromatic rings. The van der Waals surface area contributed by atoms with Crippen LogP contribution in [0.4, 0.5) is 5.69 Å². The summed E-state index contributed by atoms with van der Waals surface area (Å²) in [6.45, 7) is 5.39. The van der Waals surface area contributed by atoms with Crippen LogP contribution in [0.1, 0.15) is 35.7 Å². The van der Waals surface area contributed by atoms with Gasteiger partial charge in [-0.1, -0.05) is 0 Å². The topological polar surface area (TPSA) is 90.0 Å². The smallest absolute Gasteiger partial charge is 0.254 e. The molecule has 1 atom stereocenters. The number of amides is 4. The van der Waals surface area contributed by atoms with Gasteiger partial charge in [-0.05, 0) is 37.1 Å². The van der Waals surface area contributed by atoms with Crippen molar-refractivity contribution in [1.82, 2.24) is 15.1 Å². The van der Waals surface area contributed by atoms with Gasteiger partial charge in [-0.2, -0.15) is 0 Å². The molecule has 1 aromatic carbocycles. The number of anilines is 1. The van der Waals surface area contributed by atoms with Crippen molar-refractivity contribution < 1.29 is 19.2 Å². The lowest BCUT2D eigenvalue weighted by atomic mass is 10.1. The van der Waals surface area contributed by atoms with E-state index in [9.17, 15) is 19.2 Å². The Bertz CT molecular complexity index is 743. The summed E-state index contributed by atoms with van der Waals surface area (Å²) in [4.78, 5) is 51.0. The van der Waals surface area contributed by atoms with Gasteiger partial charge in [0.1, 0.15) is 0 Å². The Morgan fingerprint density at radius 2 is 1.96 bits per heavy atom. The predicted molar refractivity (Wildman–Crippen MR) is 99.1 cm³/mol. The third-order valence-electron chi connectivity index (χ3n) is 5.29. The minimum Gasteiger partial charge on any atom is -0.368 e. The molecular weight excluding hydrogens is 348 g/mol. The summed E-state index contributed by atoms with van der Waals surface area (Å²) in [6, 6.07) is 5.78. The number of fused-ring (bicyclic) bond motifs is 1. The molecular formula is C19H24N4O4. The number of rotatable bonds is 7. The second-order valence-electron chi connectivity index (χ2n) is 6.98. The third kappa shape index (κ3) is 4.10. The van der Waals surface area contributed by atoms with Crippen molar-refractivity contribution >= 4 is 30.3 Å². The van der Waals surface area contributed by atoms with Crippen molar-refractivity contribution in [2.24, 2.45) is 0 Å². The summed E-state index contributed by atoms with van der Waals surface area (Å²) in [5, 5.41) is 2.12. The van der Waals surface area contributed by atoms with Crippen LogP contribution >= 0.6 is 0 Å². The highest BCUT2D eigenvalue weighted by Crippen LogP contribution is 2.30. The quantitative estimate of drug-likeness (QED) is 0.698. The Labute approximate surface area is 158 Å². The first-order valence-electron chi connectivity index (χ1n) is 9.14. The number of carbonyl (C=O) groups excluding carboxylic acids is 4. The molecule has 1 N–H and O–H groups in total. The van der Waals surface area contributed by atoms with Crippen molar-refractivity contribution in [2.45, 2.75) is 32.4 Å². The summed E-state index contributed by atoms with van der Waals surface area (Å²) in [5.74, 6) is -0.358. The van der Waals surface area contributed by atoms with Gasteiger partial charge in [-0.3, -0.25) is 24.5 Å². The maximum Gasteiger partial charge on any atom is 0.254 e. The summed E-state index contributed by atoms with van der Waals surface area (Å²) < 4.78 is 0. The highest BCUT2D eigenvalue weighted by Gasteiger charge is 2.31. The number of nitrogens with one attached hydrogen (secondary N) is 1. The lowest BCUT2D eigenvalue weighted by Crippen LogP contribution is -2.45. The lowest BCUT2D eigenvalue weighted by molar-refractivity contribution is -0.125. The van der Waals surface area contributed by atoms with Gasteiger partial charge in [0.25, 0.3) is 5.91 Å². The summed E-state index contributed by atoms with van der Waals surface area (Å²) >= 11 is 0. The lowest BCUT2D eigenvalue weighted by Gasteiger charge is -2.34. The highest BCUT2D eigenvalue weighted by molar-refractivity contribution is 5.99. The van der Waals surface area contributed by atoms with Crippen LogP contribution in [0.3, 0.4) is 0 Å². The zero-order valence-electron chi connectivity index (χ0n) is 15.4. The highest BCUT2D eigenvalue weighted by atomic mass is 16.2. The molecule has 1 unspecified atom stereocenters. The minimum absolute atomic E-state index is 0.0226. The Balaban J connectivity index is 1.64. The molecule has 0 spiro atoms. The molecule has 0 radical (unpaired) electrons. The molecule has 1 fully saturated rings. The van der Waals surface area contributed by atoms with Gasteiger partial charge in [0, 0.05) is 56.4 Å². The number of nitrogens with zero attached hydrogens (tertiary/aromatic N) is 3. The first-order valence-corrected chi connectivity index (χ1v) is 9.14. The van der Waals surface area contributed by atoms with Crippen LogP contribution in [0.5, 0.6) is 0 Å². The minimum atomic E-state index is -0.335. The SMILES string of the molecule is CC(CCC(=O)NC=O)N1Cc2cc(N3CCN(C=O)CC3)ccc2C1=O. The van der Waals surface area contributed by atoms with Crippen molar-refractivity contribution in [1.29, 1.82) is 0 Å². The zero-order chi connectivity index (χ0) is 19.4. The number of imide groups is 1. The Morgan fingerprint density at radius 3 is 2.63 bits per heavy atom. The van der Waals surface area contributed by atoms with E-state index in [2.05, 4.69) is 16.3 Å². The van der Waals surface area contributed by atoms with Crippen LogP contribution in [0.2, 0.25) is 0 Å². The molecule has 0 saturated carbocycles. The van der Waals surface area contributed by atoms with Crippen molar-refractivity contribution in [3.63, 3.8) is 0 Å². The van der Waals surface area contributed by atoms with Crippen LogP contribution < -0.4 is 10.2 Å². The summed E-state index contributed by atoms with van der Waals surface area (Å²) in [5.41, 5.74) is 2.75. The molecule has 2 aliphatic rings. The monoisotopic (exact) mass is 372 g/mol. The Hall–Kier alpha value is -2.90. The molecule has 1 saturated heterocycles. The van der Waals surface area contributed by atoms with Crippen LogP contribution in [-0.2, 0) is 20.9 Å². The van der Waals surface area contributed by atoms with E-state index in [0.29, 0.717) is 38.0 Å². The van der Waals surface area contributed by atoms with E-state index in [-0.39, 0.29) is 24.3 Å². The third-order valence-corrected chi connectivity index (χ3v) is 5.29. The van der Waals surface area contributed by atoms with Gasteiger partial charge in [0.2, 0.25) is 18.7 Å². The number of hydrogen-bond donors (Lipinski definition) is 1. The number of benzene rings is 1. The number of piperazine rings is 1. The fourth-order valence-electron chi connectivity index (χ4n) is 3.60. The molecule has 0 aliphatic carbocycles. The summed E-state index contributed by atoms with van der Waals surface area (Å²) in [6.07, 6.45) is 1.96. The molecule has 27 heavy (non-hydrogen) atoms. The average Bonchev–Trinajstić information content (AvgIpc) is 3.02. The van der Waals surface area contributed by atoms with E-state index in [4.69, 9.17) is 0 Å². The Morgan fingerprint density at radius 1 is 1.22 bits per heavy atom. The van der Waals surface area contributed by atoms with Crippen LogP contribution in [0, 0.1) is 0 Å². The van der Waals surface area contributed by atoms with E-state index in [1.165, 1.54) is 0 Å². The average molecular weight is 372 g/mol. The van der Waals surface area contributed by atoms with E-state index < -0.39 is 0 Å². The van der Waals surface area contributed by atoms with E-state index in [1.54, 1.807) is 9.80 Å². The van der Waals surface area contributed by atoms with Gasteiger partial charge in [0.05, 0.1) is 0 Å². The maximum atomic E-state index is 12.7. The molecule has 0 aromatic heterocycles. The van der Waals surface area contributed by atoms with Gasteiger partial charge in [-0.15, -0.1) is 0 Å². The van der Waals surface area contributed by atoms with Crippen molar-refractivity contribution in [2.75, 3.05) is 31.1 Å². The maximum absolute atomic E-state index is 12.7. The van der Waals surface area contributed by atoms with Gasteiger partial charge in [0.15, 0.2) is 0 Å². The van der Waals surface area contributed by atoms with Gasteiger partial charge in [-0.25, -0.2) is 0 Å². The second-order valence-corrected chi connectivity index (χ2v) is 6.98. The first-order chi connectivity index (χ1) is 13.0. The molecule has 8 nitrogen and oxygen atoms in total. The number of carbonyl (C=O) groups is 4. The van der Waals surface area contributed by atoms with Crippen molar-refractivity contribution in [3.8, 4) is 0 Å². The molecule has 144 valence electrons. The molecule has 2 aliphatic heterocycles. The van der Waals surface area contributed by atoms with Crippen molar-refractivity contribution in [3.05, 3.63) is 29.3 Å². The standard InChI is InChI=1S/C19H24N4O4/c1-14(2-5-18(26)20-12-24)23-11-15-10-16(3-4-17(15)19(23)27)22-8-6-21(13-25)7-9-22/h3-4,10,12-14H,2,5-9,11H2,1H3,(H,20,24,26). The van der Waals surface area contributed by atoms with Crippen LogP contribution in [-0.4, -0.2) is 66.7 Å². The molecule has 4 amide bonds.